The van der Waals surface area contributed by atoms with Gasteiger partial charge in [-0.1, -0.05) is 42.1 Å². The van der Waals surface area contributed by atoms with Gasteiger partial charge in [-0.2, -0.15) is 5.10 Å². The smallest absolute Gasteiger partial charge is 0.356 e. The van der Waals surface area contributed by atoms with Crippen molar-refractivity contribution in [2.24, 2.45) is 7.05 Å². The van der Waals surface area contributed by atoms with E-state index in [0.717, 1.165) is 9.79 Å². The highest BCUT2D eigenvalue weighted by Gasteiger charge is 2.19. The molecular formula is C20H19N3O3S. The molecule has 1 amide bonds. The molecule has 0 aliphatic heterocycles. The fourth-order valence-electron chi connectivity index (χ4n) is 2.44. The fourth-order valence-corrected chi connectivity index (χ4v) is 3.36. The molecule has 2 aromatic carbocycles. The Labute approximate surface area is 161 Å². The number of amides is 1. The Kier molecular flexibility index (Phi) is 5.93. The Hall–Kier alpha value is -3.06. The third-order valence-corrected chi connectivity index (χ3v) is 4.79. The molecule has 0 saturated carbocycles. The number of nitrogens with one attached hydrogen (secondary N) is 1. The maximum absolute atomic E-state index is 12.6. The number of aryl methyl sites for hydroxylation is 1. The van der Waals surface area contributed by atoms with Gasteiger partial charge in [-0.05, 0) is 31.2 Å². The second-order valence-electron chi connectivity index (χ2n) is 5.62. The van der Waals surface area contributed by atoms with Crippen LogP contribution in [0, 0.1) is 0 Å². The molecule has 1 heterocycles. The minimum absolute atomic E-state index is 0.153. The molecule has 1 N–H and O–H groups in total. The third kappa shape index (κ3) is 4.57. The lowest BCUT2D eigenvalue weighted by Gasteiger charge is -2.09. The Morgan fingerprint density at radius 1 is 1.11 bits per heavy atom. The summed E-state index contributed by atoms with van der Waals surface area (Å²) in [5.41, 5.74) is 1.06. The summed E-state index contributed by atoms with van der Waals surface area (Å²) in [6.45, 7) is 1.98. The van der Waals surface area contributed by atoms with Gasteiger partial charge in [0.25, 0.3) is 5.91 Å². The molecule has 0 saturated heterocycles. The van der Waals surface area contributed by atoms with E-state index in [-0.39, 0.29) is 23.9 Å². The van der Waals surface area contributed by atoms with Crippen molar-refractivity contribution in [3.05, 3.63) is 72.1 Å². The number of carbonyl (C=O) groups excluding carboxylic acids is 2. The van der Waals surface area contributed by atoms with E-state index in [4.69, 9.17) is 4.74 Å². The molecular weight excluding hydrogens is 362 g/mol. The lowest BCUT2D eigenvalue weighted by Crippen LogP contribution is -2.13. The van der Waals surface area contributed by atoms with E-state index >= 15 is 0 Å². The number of anilines is 1. The van der Waals surface area contributed by atoms with Crippen molar-refractivity contribution in [3.8, 4) is 0 Å². The van der Waals surface area contributed by atoms with Gasteiger partial charge in [-0.15, -0.1) is 0 Å². The zero-order valence-corrected chi connectivity index (χ0v) is 15.8. The molecule has 3 aromatic rings. The molecule has 3 rings (SSSR count). The number of hydrogen-bond donors (Lipinski definition) is 1. The van der Waals surface area contributed by atoms with Gasteiger partial charge in [0.15, 0.2) is 5.69 Å². The fraction of sp³-hybridized carbons (Fsp3) is 0.150. The maximum atomic E-state index is 12.6. The summed E-state index contributed by atoms with van der Waals surface area (Å²) in [6, 6.07) is 18.9. The molecule has 0 spiro atoms. The number of rotatable bonds is 6. The molecule has 0 atom stereocenters. The van der Waals surface area contributed by atoms with E-state index in [9.17, 15) is 9.59 Å². The molecule has 138 valence electrons. The molecule has 0 radical (unpaired) electrons. The summed E-state index contributed by atoms with van der Waals surface area (Å²) in [6.07, 6.45) is 0. The number of benzene rings is 2. The van der Waals surface area contributed by atoms with Crippen LogP contribution in [0.4, 0.5) is 5.69 Å². The normalized spacial score (nSPS) is 10.4. The van der Waals surface area contributed by atoms with Crippen LogP contribution in [-0.4, -0.2) is 28.3 Å². The first-order valence-electron chi connectivity index (χ1n) is 8.43. The maximum Gasteiger partial charge on any atom is 0.356 e. The summed E-state index contributed by atoms with van der Waals surface area (Å²) in [5, 5.41) is 6.99. The average Bonchev–Trinajstić information content (AvgIpc) is 3.06. The van der Waals surface area contributed by atoms with Crippen LogP contribution in [-0.2, 0) is 11.8 Å². The molecule has 0 aliphatic rings. The van der Waals surface area contributed by atoms with Gasteiger partial charge in [0.05, 0.1) is 12.3 Å². The number of hydrogen-bond acceptors (Lipinski definition) is 5. The minimum Gasteiger partial charge on any atom is -0.461 e. The quantitative estimate of drug-likeness (QED) is 0.654. The van der Waals surface area contributed by atoms with Gasteiger partial charge in [-0.3, -0.25) is 9.48 Å². The summed E-state index contributed by atoms with van der Waals surface area (Å²) in [4.78, 5) is 26.5. The van der Waals surface area contributed by atoms with Crippen LogP contribution < -0.4 is 5.32 Å². The van der Waals surface area contributed by atoms with E-state index < -0.39 is 5.97 Å². The van der Waals surface area contributed by atoms with Crippen LogP contribution in [0.2, 0.25) is 0 Å². The molecule has 27 heavy (non-hydrogen) atoms. The first-order chi connectivity index (χ1) is 13.1. The minimum atomic E-state index is -0.508. The second kappa shape index (κ2) is 8.55. The van der Waals surface area contributed by atoms with Crippen LogP contribution in [0.1, 0.15) is 27.9 Å². The molecule has 0 unspecified atom stereocenters. The first kappa shape index (κ1) is 18.7. The van der Waals surface area contributed by atoms with E-state index in [0.29, 0.717) is 5.69 Å². The van der Waals surface area contributed by atoms with E-state index in [1.54, 1.807) is 25.7 Å². The summed E-state index contributed by atoms with van der Waals surface area (Å²) >= 11 is 1.56. The second-order valence-corrected chi connectivity index (χ2v) is 6.74. The van der Waals surface area contributed by atoms with Gasteiger partial charge in [0.2, 0.25) is 0 Å². The highest BCUT2D eigenvalue weighted by atomic mass is 32.2. The van der Waals surface area contributed by atoms with Crippen molar-refractivity contribution in [1.29, 1.82) is 0 Å². The van der Waals surface area contributed by atoms with Crippen LogP contribution in [0.3, 0.4) is 0 Å². The van der Waals surface area contributed by atoms with Crippen LogP contribution in [0.25, 0.3) is 0 Å². The third-order valence-electron chi connectivity index (χ3n) is 3.70. The van der Waals surface area contributed by atoms with Gasteiger partial charge < -0.3 is 10.1 Å². The standard InChI is InChI=1S/C20H19N3O3S/c1-3-26-20(25)17-13-16(22-23(17)2)19(24)21-15-11-7-8-12-18(15)27-14-9-5-4-6-10-14/h4-13H,3H2,1-2H3,(H,21,24). The highest BCUT2D eigenvalue weighted by molar-refractivity contribution is 7.99. The number of ether oxygens (including phenoxy) is 1. The predicted molar refractivity (Wildman–Crippen MR) is 104 cm³/mol. The Morgan fingerprint density at radius 3 is 2.56 bits per heavy atom. The van der Waals surface area contributed by atoms with Gasteiger partial charge in [0.1, 0.15) is 5.69 Å². The van der Waals surface area contributed by atoms with Gasteiger partial charge in [0, 0.05) is 22.9 Å². The highest BCUT2D eigenvalue weighted by Crippen LogP contribution is 2.33. The van der Waals surface area contributed by atoms with Crippen LogP contribution in [0.15, 0.2) is 70.5 Å². The number of carbonyl (C=O) groups is 2. The van der Waals surface area contributed by atoms with Crippen LogP contribution >= 0.6 is 11.8 Å². The van der Waals surface area contributed by atoms with Crippen molar-refractivity contribution >= 4 is 29.3 Å². The monoisotopic (exact) mass is 381 g/mol. The Balaban J connectivity index is 1.79. The average molecular weight is 381 g/mol. The lowest BCUT2D eigenvalue weighted by atomic mass is 10.3. The van der Waals surface area contributed by atoms with Gasteiger partial charge >= 0.3 is 5.97 Å². The summed E-state index contributed by atoms with van der Waals surface area (Å²) in [5.74, 6) is -0.895. The van der Waals surface area contributed by atoms with E-state index in [2.05, 4.69) is 10.4 Å². The topological polar surface area (TPSA) is 73.2 Å². The number of esters is 1. The van der Waals surface area contributed by atoms with Crippen molar-refractivity contribution in [2.75, 3.05) is 11.9 Å². The number of para-hydroxylation sites is 1. The summed E-state index contributed by atoms with van der Waals surface area (Å²) in [7, 11) is 1.60. The predicted octanol–water partition coefficient (Wildman–Crippen LogP) is 4.00. The molecule has 0 fully saturated rings. The largest absolute Gasteiger partial charge is 0.461 e. The van der Waals surface area contributed by atoms with Crippen molar-refractivity contribution < 1.29 is 14.3 Å². The summed E-state index contributed by atoms with van der Waals surface area (Å²) < 4.78 is 6.32. The lowest BCUT2D eigenvalue weighted by molar-refractivity contribution is 0.0513. The molecule has 7 heteroatoms. The van der Waals surface area contributed by atoms with Crippen LogP contribution in [0.5, 0.6) is 0 Å². The molecule has 6 nitrogen and oxygen atoms in total. The van der Waals surface area contributed by atoms with Crippen molar-refractivity contribution in [3.63, 3.8) is 0 Å². The number of aromatic nitrogens is 2. The van der Waals surface area contributed by atoms with Gasteiger partial charge in [-0.25, -0.2) is 4.79 Å². The zero-order chi connectivity index (χ0) is 19.2. The molecule has 0 aliphatic carbocycles. The van der Waals surface area contributed by atoms with Crippen molar-refractivity contribution in [1.82, 2.24) is 9.78 Å². The van der Waals surface area contributed by atoms with E-state index in [1.165, 1.54) is 10.7 Å². The Bertz CT molecular complexity index is 954. The SMILES string of the molecule is CCOC(=O)c1cc(C(=O)Nc2ccccc2Sc2ccccc2)nn1C. The van der Waals surface area contributed by atoms with Crippen molar-refractivity contribution in [2.45, 2.75) is 16.7 Å². The van der Waals surface area contributed by atoms with E-state index in [1.807, 2.05) is 54.6 Å². The molecule has 1 aromatic heterocycles. The Morgan fingerprint density at radius 2 is 1.81 bits per heavy atom. The number of nitrogens with zero attached hydrogens (tertiary/aromatic N) is 2. The molecule has 0 bridgehead atoms. The zero-order valence-electron chi connectivity index (χ0n) is 15.0. The first-order valence-corrected chi connectivity index (χ1v) is 9.24.